The van der Waals surface area contributed by atoms with Crippen molar-refractivity contribution in [3.05, 3.63) is 53.3 Å². The van der Waals surface area contributed by atoms with Crippen LogP contribution in [0.4, 0.5) is 10.1 Å². The van der Waals surface area contributed by atoms with Gasteiger partial charge in [0.15, 0.2) is 0 Å². The number of benzene rings is 2. The SMILES string of the molecule is CN1CCC2(CC1)C(=O)N(C)c1ccc(-c3ccc(C[C@@H](C#N)NC(=O)[C@H]4N[C@@H]5CC[C@H]4C5)c(F)c3)cc12. The molecule has 7 nitrogen and oxygen atoms in total. The lowest BCUT2D eigenvalue weighted by atomic mass is 9.73. The molecule has 3 aliphatic heterocycles. The molecule has 2 bridgehead atoms. The Bertz CT molecular complexity index is 1330. The van der Waals surface area contributed by atoms with E-state index in [0.717, 1.165) is 67.6 Å². The smallest absolute Gasteiger partial charge is 0.238 e. The van der Waals surface area contributed by atoms with E-state index in [9.17, 15) is 14.9 Å². The highest BCUT2D eigenvalue weighted by atomic mass is 19.1. The first-order chi connectivity index (χ1) is 18.3. The Labute approximate surface area is 223 Å². The van der Waals surface area contributed by atoms with E-state index in [2.05, 4.69) is 34.7 Å². The molecule has 38 heavy (non-hydrogen) atoms. The van der Waals surface area contributed by atoms with Crippen LogP contribution in [0.25, 0.3) is 11.1 Å². The van der Waals surface area contributed by atoms with Crippen molar-refractivity contribution in [1.29, 1.82) is 5.26 Å². The van der Waals surface area contributed by atoms with Gasteiger partial charge in [0.05, 0.1) is 17.5 Å². The van der Waals surface area contributed by atoms with Gasteiger partial charge < -0.3 is 20.4 Å². The third-order valence-corrected chi connectivity index (χ3v) is 9.35. The fourth-order valence-electron chi connectivity index (χ4n) is 7.07. The molecule has 1 aliphatic carbocycles. The van der Waals surface area contributed by atoms with Crippen molar-refractivity contribution in [3.8, 4) is 17.2 Å². The summed E-state index contributed by atoms with van der Waals surface area (Å²) >= 11 is 0. The van der Waals surface area contributed by atoms with Crippen LogP contribution in [0, 0.1) is 23.1 Å². The van der Waals surface area contributed by atoms with Crippen LogP contribution in [0.5, 0.6) is 0 Å². The number of piperidine rings is 2. The molecule has 0 aromatic heterocycles. The highest BCUT2D eigenvalue weighted by Crippen LogP contribution is 2.48. The van der Waals surface area contributed by atoms with Crippen LogP contribution >= 0.6 is 0 Å². The molecule has 3 fully saturated rings. The Balaban J connectivity index is 1.20. The van der Waals surface area contributed by atoms with Gasteiger partial charge in [0.1, 0.15) is 11.9 Å². The fourth-order valence-corrected chi connectivity index (χ4v) is 7.07. The average molecular weight is 516 g/mol. The van der Waals surface area contributed by atoms with Crippen LogP contribution in [0.15, 0.2) is 36.4 Å². The summed E-state index contributed by atoms with van der Waals surface area (Å²) in [5, 5.41) is 15.8. The number of nitrogens with zero attached hydrogens (tertiary/aromatic N) is 3. The lowest BCUT2D eigenvalue weighted by molar-refractivity contribution is -0.125. The predicted octanol–water partition coefficient (Wildman–Crippen LogP) is 3.12. The van der Waals surface area contributed by atoms with E-state index in [-0.39, 0.29) is 24.3 Å². The molecule has 2 saturated heterocycles. The van der Waals surface area contributed by atoms with Crippen molar-refractivity contribution < 1.29 is 14.0 Å². The third kappa shape index (κ3) is 4.09. The first-order valence-corrected chi connectivity index (χ1v) is 13.6. The molecule has 2 amide bonds. The number of amides is 2. The summed E-state index contributed by atoms with van der Waals surface area (Å²) in [4.78, 5) is 30.1. The molecule has 0 unspecified atom stereocenters. The molecule has 1 spiro atoms. The average Bonchev–Trinajstić information content (AvgIpc) is 3.61. The van der Waals surface area contributed by atoms with E-state index < -0.39 is 17.3 Å². The first kappa shape index (κ1) is 25.0. The lowest BCUT2D eigenvalue weighted by Gasteiger charge is -2.36. The summed E-state index contributed by atoms with van der Waals surface area (Å²) < 4.78 is 15.3. The van der Waals surface area contributed by atoms with Gasteiger partial charge in [-0.25, -0.2) is 4.39 Å². The molecule has 1 saturated carbocycles. The molecular weight excluding hydrogens is 481 g/mol. The minimum Gasteiger partial charge on any atom is -0.339 e. The number of likely N-dealkylation sites (N-methyl/N-ethyl adjacent to an activating group) is 1. The first-order valence-electron chi connectivity index (χ1n) is 13.6. The summed E-state index contributed by atoms with van der Waals surface area (Å²) in [5.41, 5.74) is 3.42. The Morgan fingerprint density at radius 3 is 2.58 bits per heavy atom. The highest BCUT2D eigenvalue weighted by Gasteiger charge is 2.50. The van der Waals surface area contributed by atoms with E-state index in [0.29, 0.717) is 17.5 Å². The number of likely N-dealkylation sites (tertiary alicyclic amines) is 1. The number of nitriles is 1. The van der Waals surface area contributed by atoms with Crippen LogP contribution < -0.4 is 15.5 Å². The minimum atomic E-state index is -0.797. The summed E-state index contributed by atoms with van der Waals surface area (Å²) in [6, 6.07) is 12.5. The number of anilines is 1. The maximum atomic E-state index is 15.3. The topological polar surface area (TPSA) is 88.5 Å². The highest BCUT2D eigenvalue weighted by molar-refractivity contribution is 6.08. The standard InChI is InChI=1S/C30H34FN5O2/c1-35-11-9-30(10-12-35)24-15-18(6-8-26(24)36(2)29(30)38)19-3-4-20(25(31)16-19)13-23(17-32)34-28(37)27-21-5-7-22(14-21)33-27/h3-4,6,8,15-16,21-23,27,33H,5,7,9-14H2,1-2H3,(H,34,37)/t21-,22+,23-,27-/m0/s1. The molecule has 4 aliphatic rings. The Morgan fingerprint density at radius 2 is 1.92 bits per heavy atom. The number of hydrogen-bond acceptors (Lipinski definition) is 5. The summed E-state index contributed by atoms with van der Waals surface area (Å²) in [6.07, 6.45) is 4.80. The second-order valence-electron chi connectivity index (χ2n) is 11.6. The second kappa shape index (κ2) is 9.48. The van der Waals surface area contributed by atoms with Gasteiger partial charge in [0.2, 0.25) is 11.8 Å². The van der Waals surface area contributed by atoms with Gasteiger partial charge in [0.25, 0.3) is 0 Å². The molecule has 2 aromatic rings. The number of rotatable bonds is 5. The predicted molar refractivity (Wildman–Crippen MR) is 143 cm³/mol. The van der Waals surface area contributed by atoms with Crippen molar-refractivity contribution in [2.75, 3.05) is 32.1 Å². The largest absolute Gasteiger partial charge is 0.339 e. The van der Waals surface area contributed by atoms with E-state index >= 15 is 4.39 Å². The molecule has 2 aromatic carbocycles. The van der Waals surface area contributed by atoms with Crippen molar-refractivity contribution in [3.63, 3.8) is 0 Å². The van der Waals surface area contributed by atoms with Crippen LogP contribution in [-0.4, -0.2) is 62.0 Å². The fraction of sp³-hybridized carbons (Fsp3) is 0.500. The maximum Gasteiger partial charge on any atom is 0.238 e. The number of hydrogen-bond donors (Lipinski definition) is 2. The lowest BCUT2D eigenvalue weighted by Crippen LogP contribution is -2.50. The van der Waals surface area contributed by atoms with Gasteiger partial charge in [-0.1, -0.05) is 18.2 Å². The zero-order valence-corrected chi connectivity index (χ0v) is 22.0. The zero-order valence-electron chi connectivity index (χ0n) is 22.0. The Morgan fingerprint density at radius 1 is 1.18 bits per heavy atom. The van der Waals surface area contributed by atoms with Gasteiger partial charge in [0, 0.05) is 25.2 Å². The number of carbonyl (C=O) groups is 2. The normalized spacial score (nSPS) is 26.4. The zero-order chi connectivity index (χ0) is 26.6. The van der Waals surface area contributed by atoms with Gasteiger partial charge in [-0.15, -0.1) is 0 Å². The van der Waals surface area contributed by atoms with Crippen molar-refractivity contribution >= 4 is 17.5 Å². The van der Waals surface area contributed by atoms with Gasteiger partial charge in [-0.3, -0.25) is 9.59 Å². The van der Waals surface area contributed by atoms with Gasteiger partial charge in [-0.2, -0.15) is 5.26 Å². The molecule has 6 rings (SSSR count). The Hall–Kier alpha value is -3.28. The summed E-state index contributed by atoms with van der Waals surface area (Å²) in [6.45, 7) is 1.72. The third-order valence-electron chi connectivity index (χ3n) is 9.35. The number of carbonyl (C=O) groups excluding carboxylic acids is 2. The van der Waals surface area contributed by atoms with Crippen LogP contribution in [0.1, 0.15) is 43.2 Å². The molecule has 2 N–H and O–H groups in total. The molecule has 3 heterocycles. The monoisotopic (exact) mass is 515 g/mol. The molecule has 198 valence electrons. The van der Waals surface area contributed by atoms with Crippen molar-refractivity contribution in [1.82, 2.24) is 15.5 Å². The molecule has 0 radical (unpaired) electrons. The van der Waals surface area contributed by atoms with E-state index in [4.69, 9.17) is 0 Å². The van der Waals surface area contributed by atoms with Crippen molar-refractivity contribution in [2.45, 2.75) is 62.1 Å². The Kier molecular flexibility index (Phi) is 6.24. The van der Waals surface area contributed by atoms with Crippen LogP contribution in [0.3, 0.4) is 0 Å². The van der Waals surface area contributed by atoms with Gasteiger partial charge in [-0.05, 0) is 98.6 Å². The van der Waals surface area contributed by atoms with E-state index in [1.165, 1.54) is 6.07 Å². The quantitative estimate of drug-likeness (QED) is 0.639. The molecular formula is C30H34FN5O2. The van der Waals surface area contributed by atoms with Crippen LogP contribution in [-0.2, 0) is 21.4 Å². The summed E-state index contributed by atoms with van der Waals surface area (Å²) in [7, 11) is 3.91. The van der Waals surface area contributed by atoms with E-state index in [1.807, 2.05) is 25.2 Å². The number of fused-ring (bicyclic) bond motifs is 4. The molecule has 4 atom stereocenters. The number of nitrogens with one attached hydrogen (secondary N) is 2. The van der Waals surface area contributed by atoms with Crippen molar-refractivity contribution in [2.24, 2.45) is 5.92 Å². The van der Waals surface area contributed by atoms with Gasteiger partial charge >= 0.3 is 0 Å². The van der Waals surface area contributed by atoms with E-state index in [1.54, 1.807) is 11.0 Å². The minimum absolute atomic E-state index is 0.106. The molecule has 8 heteroatoms. The van der Waals surface area contributed by atoms with Crippen LogP contribution in [0.2, 0.25) is 0 Å². The maximum absolute atomic E-state index is 15.3. The summed E-state index contributed by atoms with van der Waals surface area (Å²) in [5.74, 6) is -0.102. The number of halogens is 1. The second-order valence-corrected chi connectivity index (χ2v) is 11.6.